The highest BCUT2D eigenvalue weighted by Crippen LogP contribution is 2.52. The van der Waals surface area contributed by atoms with Gasteiger partial charge in [0.1, 0.15) is 5.82 Å². The van der Waals surface area contributed by atoms with E-state index in [1.807, 2.05) is 0 Å². The molecule has 0 unspecified atom stereocenters. The maximum Gasteiger partial charge on any atom is 0.145 e. The quantitative estimate of drug-likeness (QED) is 0.186. The van der Waals surface area contributed by atoms with E-state index in [-0.39, 0.29) is 0 Å². The SMILES string of the molecule is c1ccc(-c2nc3ccccc3n2-c2ccc(-c3c4ccccc4c4c5c(cccc35)-c3ccccc3-c3ccccc3-4)cc2)cc1. The highest BCUT2D eigenvalue weighted by Gasteiger charge is 2.25. The fraction of sp³-hybridized carbons (Fsp3) is 0. The molecular weight excluding hydrogens is 569 g/mol. The van der Waals surface area contributed by atoms with Crippen LogP contribution in [0.5, 0.6) is 0 Å². The summed E-state index contributed by atoms with van der Waals surface area (Å²) in [6.45, 7) is 0. The predicted octanol–water partition coefficient (Wildman–Crippen LogP) is 12.0. The van der Waals surface area contributed by atoms with E-state index in [0.29, 0.717) is 0 Å². The van der Waals surface area contributed by atoms with Crippen LogP contribution in [0.1, 0.15) is 0 Å². The number of fused-ring (bicyclic) bond motifs is 8. The Morgan fingerprint density at radius 2 is 0.915 bits per heavy atom. The molecule has 218 valence electrons. The van der Waals surface area contributed by atoms with Crippen LogP contribution in [0.2, 0.25) is 0 Å². The van der Waals surface area contributed by atoms with Crippen molar-refractivity contribution >= 4 is 32.6 Å². The monoisotopic (exact) mass is 596 g/mol. The van der Waals surface area contributed by atoms with E-state index in [1.165, 1.54) is 66.1 Å². The molecule has 1 aliphatic rings. The maximum absolute atomic E-state index is 5.07. The zero-order valence-electron chi connectivity index (χ0n) is 25.6. The van der Waals surface area contributed by atoms with Crippen LogP contribution in [-0.2, 0) is 0 Å². The van der Waals surface area contributed by atoms with Gasteiger partial charge in [-0.3, -0.25) is 4.57 Å². The Balaban J connectivity index is 1.25. The highest BCUT2D eigenvalue weighted by molar-refractivity contribution is 6.27. The van der Waals surface area contributed by atoms with Crippen LogP contribution in [0.3, 0.4) is 0 Å². The molecule has 0 N–H and O–H groups in total. The number of hydrogen-bond acceptors (Lipinski definition) is 1. The Kier molecular flexibility index (Phi) is 5.61. The van der Waals surface area contributed by atoms with Crippen molar-refractivity contribution in [1.82, 2.24) is 9.55 Å². The van der Waals surface area contributed by atoms with Gasteiger partial charge in [-0.05, 0) is 90.3 Å². The third-order valence-electron chi connectivity index (χ3n) is 9.76. The normalized spacial score (nSPS) is 11.8. The van der Waals surface area contributed by atoms with Crippen molar-refractivity contribution in [3.05, 3.63) is 170 Å². The van der Waals surface area contributed by atoms with Gasteiger partial charge in [0, 0.05) is 11.3 Å². The van der Waals surface area contributed by atoms with Crippen molar-refractivity contribution in [1.29, 1.82) is 0 Å². The fourth-order valence-electron chi connectivity index (χ4n) is 7.78. The van der Waals surface area contributed by atoms with Crippen LogP contribution in [0.4, 0.5) is 0 Å². The van der Waals surface area contributed by atoms with Gasteiger partial charge < -0.3 is 0 Å². The van der Waals surface area contributed by atoms with E-state index in [9.17, 15) is 0 Å². The highest BCUT2D eigenvalue weighted by atomic mass is 15.1. The lowest BCUT2D eigenvalue weighted by Gasteiger charge is -2.19. The molecule has 1 aromatic heterocycles. The molecule has 2 heteroatoms. The van der Waals surface area contributed by atoms with Crippen LogP contribution >= 0.6 is 0 Å². The summed E-state index contributed by atoms with van der Waals surface area (Å²) < 4.78 is 2.28. The Labute approximate surface area is 272 Å². The summed E-state index contributed by atoms with van der Waals surface area (Å²) in [6.07, 6.45) is 0. The van der Waals surface area contributed by atoms with Gasteiger partial charge in [0.2, 0.25) is 0 Å². The first kappa shape index (κ1) is 26.0. The van der Waals surface area contributed by atoms with Crippen molar-refractivity contribution in [3.8, 4) is 61.6 Å². The van der Waals surface area contributed by atoms with Gasteiger partial charge in [0.15, 0.2) is 0 Å². The van der Waals surface area contributed by atoms with Crippen LogP contribution in [0, 0.1) is 0 Å². The smallest absolute Gasteiger partial charge is 0.145 e. The molecule has 1 aliphatic carbocycles. The molecule has 0 radical (unpaired) electrons. The number of rotatable bonds is 3. The maximum atomic E-state index is 5.07. The van der Waals surface area contributed by atoms with Crippen molar-refractivity contribution in [3.63, 3.8) is 0 Å². The first-order chi connectivity index (χ1) is 23.3. The molecule has 2 nitrogen and oxygen atoms in total. The molecule has 0 fully saturated rings. The Morgan fingerprint density at radius 1 is 0.362 bits per heavy atom. The summed E-state index contributed by atoms with van der Waals surface area (Å²) in [5.41, 5.74) is 14.5. The average molecular weight is 597 g/mol. The van der Waals surface area contributed by atoms with E-state index < -0.39 is 0 Å². The molecule has 0 aliphatic heterocycles. The summed E-state index contributed by atoms with van der Waals surface area (Å²) in [4.78, 5) is 5.07. The van der Waals surface area contributed by atoms with E-state index >= 15 is 0 Å². The van der Waals surface area contributed by atoms with Crippen LogP contribution in [0.25, 0.3) is 94.2 Å². The van der Waals surface area contributed by atoms with Gasteiger partial charge >= 0.3 is 0 Å². The molecule has 0 saturated heterocycles. The number of para-hydroxylation sites is 2. The summed E-state index contributed by atoms with van der Waals surface area (Å²) >= 11 is 0. The minimum Gasteiger partial charge on any atom is -0.292 e. The second-order valence-electron chi connectivity index (χ2n) is 12.3. The average Bonchev–Trinajstić information content (AvgIpc) is 3.48. The van der Waals surface area contributed by atoms with E-state index in [4.69, 9.17) is 4.98 Å². The molecule has 1 heterocycles. The predicted molar refractivity (Wildman–Crippen MR) is 197 cm³/mol. The molecule has 10 rings (SSSR count). The van der Waals surface area contributed by atoms with Gasteiger partial charge in [-0.2, -0.15) is 0 Å². The summed E-state index contributed by atoms with van der Waals surface area (Å²) in [5.74, 6) is 0.945. The van der Waals surface area contributed by atoms with Crippen molar-refractivity contribution in [2.45, 2.75) is 0 Å². The minimum absolute atomic E-state index is 0.945. The molecular formula is C45H28N2. The first-order valence-electron chi connectivity index (χ1n) is 16.2. The number of imidazole rings is 1. The van der Waals surface area contributed by atoms with Gasteiger partial charge in [0.25, 0.3) is 0 Å². The van der Waals surface area contributed by atoms with Gasteiger partial charge in [-0.15, -0.1) is 0 Å². The first-order valence-corrected chi connectivity index (χ1v) is 16.2. The Bertz CT molecular complexity index is 2660. The lowest BCUT2D eigenvalue weighted by molar-refractivity contribution is 1.10. The van der Waals surface area contributed by atoms with E-state index in [2.05, 4.69) is 174 Å². The molecule has 0 saturated carbocycles. The van der Waals surface area contributed by atoms with Gasteiger partial charge in [-0.25, -0.2) is 4.98 Å². The molecule has 8 aromatic carbocycles. The molecule has 0 spiro atoms. The minimum atomic E-state index is 0.945. The number of benzene rings is 8. The van der Waals surface area contributed by atoms with Crippen LogP contribution in [-0.4, -0.2) is 9.55 Å². The lowest BCUT2D eigenvalue weighted by Crippen LogP contribution is -1.98. The zero-order valence-corrected chi connectivity index (χ0v) is 25.6. The second-order valence-corrected chi connectivity index (χ2v) is 12.3. The largest absolute Gasteiger partial charge is 0.292 e. The topological polar surface area (TPSA) is 17.8 Å². The van der Waals surface area contributed by atoms with Crippen LogP contribution in [0.15, 0.2) is 170 Å². The lowest BCUT2D eigenvalue weighted by atomic mass is 9.84. The molecule has 9 aromatic rings. The van der Waals surface area contributed by atoms with E-state index in [1.54, 1.807) is 0 Å². The molecule has 0 bridgehead atoms. The Hall–Kier alpha value is -6.25. The molecule has 47 heavy (non-hydrogen) atoms. The van der Waals surface area contributed by atoms with Gasteiger partial charge in [0.05, 0.1) is 11.0 Å². The molecule has 0 atom stereocenters. The standard InChI is InChI=1S/C45H28N2/c1-2-13-30(14-3-1)45-46-40-23-10-11-24-41(40)47(45)31-27-25-29(26-28-31)42-37-19-8-9-20-38(37)43-35-18-7-6-17-33(35)32-15-4-5-16-34(32)36-21-12-22-39(42)44(36)43/h1-28H. The Morgan fingerprint density at radius 3 is 1.68 bits per heavy atom. The number of hydrogen-bond donors (Lipinski definition) is 0. The summed E-state index contributed by atoms with van der Waals surface area (Å²) in [7, 11) is 0. The second kappa shape index (κ2) is 10.1. The summed E-state index contributed by atoms with van der Waals surface area (Å²) in [5, 5.41) is 5.13. The fourth-order valence-corrected chi connectivity index (χ4v) is 7.78. The van der Waals surface area contributed by atoms with Crippen molar-refractivity contribution < 1.29 is 0 Å². The third-order valence-corrected chi connectivity index (χ3v) is 9.76. The summed E-state index contributed by atoms with van der Waals surface area (Å²) in [6, 6.07) is 61.5. The number of nitrogens with zero attached hydrogens (tertiary/aromatic N) is 2. The number of aromatic nitrogens is 2. The van der Waals surface area contributed by atoms with Gasteiger partial charge in [-0.1, -0.05) is 146 Å². The van der Waals surface area contributed by atoms with Crippen molar-refractivity contribution in [2.24, 2.45) is 0 Å². The van der Waals surface area contributed by atoms with Crippen molar-refractivity contribution in [2.75, 3.05) is 0 Å². The van der Waals surface area contributed by atoms with E-state index in [0.717, 1.165) is 28.1 Å². The van der Waals surface area contributed by atoms with Crippen LogP contribution < -0.4 is 0 Å². The third kappa shape index (κ3) is 3.82. The zero-order chi connectivity index (χ0) is 30.9. The molecule has 0 amide bonds.